The Balaban J connectivity index is 2.67. The fourth-order valence-corrected chi connectivity index (χ4v) is 6.51. The molecule has 0 spiro atoms. The van der Waals surface area contributed by atoms with Gasteiger partial charge >= 0.3 is 21.6 Å². The van der Waals surface area contributed by atoms with Gasteiger partial charge in [0.1, 0.15) is 24.8 Å². The lowest BCUT2D eigenvalue weighted by atomic mass is 10.0. The fourth-order valence-electron chi connectivity index (χ4n) is 3.65. The molecule has 0 heterocycles. The number of rotatable bonds is 17. The van der Waals surface area contributed by atoms with Gasteiger partial charge in [-0.15, -0.1) is 23.2 Å². The molecule has 14 nitrogen and oxygen atoms in total. The molecule has 1 aromatic carbocycles. The van der Waals surface area contributed by atoms with Crippen LogP contribution in [0.3, 0.4) is 0 Å². The first-order chi connectivity index (χ1) is 18.0. The minimum atomic E-state index is -5.59. The van der Waals surface area contributed by atoms with E-state index < -0.39 is 50.6 Å². The van der Waals surface area contributed by atoms with E-state index in [9.17, 15) is 28.6 Å². The minimum absolute atomic E-state index is 0.0512. The summed E-state index contributed by atoms with van der Waals surface area (Å²) in [6.07, 6.45) is -0.470. The summed E-state index contributed by atoms with van der Waals surface area (Å²) in [5.74, 6) is -0.840. The molecule has 0 bridgehead atoms. The number of nitrogens with two attached hydrogens (primary N) is 1. The number of nitrogens with zero attached hydrogens (tertiary/aromatic N) is 1. The molecule has 0 aliphatic heterocycles. The lowest BCUT2D eigenvalue weighted by Crippen LogP contribution is -2.51. The predicted molar refractivity (Wildman–Crippen MR) is 146 cm³/mol. The maximum atomic E-state index is 12.5. The Bertz CT molecular complexity index is 1050. The summed E-state index contributed by atoms with van der Waals surface area (Å²) >= 11 is 11.7. The van der Waals surface area contributed by atoms with Gasteiger partial charge in [0, 0.05) is 13.0 Å². The highest BCUT2D eigenvalue weighted by Crippen LogP contribution is 2.69. The van der Waals surface area contributed by atoms with Gasteiger partial charge in [-0.25, -0.2) is 9.28 Å². The molecule has 3 amide bonds. The maximum absolute atomic E-state index is 12.5. The number of benzene rings is 1. The van der Waals surface area contributed by atoms with Crippen molar-refractivity contribution in [3.05, 3.63) is 29.8 Å². The second kappa shape index (κ2) is 15.0. The number of nitrogens with one attached hydrogen (secondary N) is 2. The molecule has 0 aliphatic carbocycles. The van der Waals surface area contributed by atoms with E-state index in [0.29, 0.717) is 24.3 Å². The Morgan fingerprint density at radius 3 is 2.00 bits per heavy atom. The average molecular weight is 636 g/mol. The number of alkyl halides is 2. The van der Waals surface area contributed by atoms with Gasteiger partial charge in [-0.2, -0.15) is 0 Å². The van der Waals surface area contributed by atoms with Gasteiger partial charge in [-0.1, -0.05) is 12.1 Å². The zero-order chi connectivity index (χ0) is 30.1. The van der Waals surface area contributed by atoms with Crippen LogP contribution in [0.15, 0.2) is 24.3 Å². The van der Waals surface area contributed by atoms with Gasteiger partial charge < -0.3 is 41.0 Å². The molecule has 9 N–H and O–H groups in total. The number of hydrogen-bond donors (Lipinski definition) is 8. The number of aliphatic hydroxyl groups is 1. The standard InChI is InChI=1S/C21H34Cl2N4O10P2/c1-15(19(29)25-10-2-7-21(31,38(32,33)34)39(35,36)37)26-20(30)18(24)13-16-3-5-17(6-4-16)27(14-28,11-8-22)12-9-23/h3-6,14-15,18,31H,2,7-13,24H2,1H3,(H5-,25,26,29,30,32,33,34,35,36,37)/p+1/t15-,18-/m0/s1. The van der Waals surface area contributed by atoms with Crippen molar-refractivity contribution < 1.29 is 48.2 Å². The fraction of sp³-hybridized carbons (Fsp3) is 0.571. The van der Waals surface area contributed by atoms with Crippen molar-refractivity contribution >= 4 is 62.3 Å². The van der Waals surface area contributed by atoms with E-state index in [4.69, 9.17) is 48.5 Å². The van der Waals surface area contributed by atoms with E-state index >= 15 is 0 Å². The van der Waals surface area contributed by atoms with E-state index in [1.54, 1.807) is 24.3 Å². The quantitative estimate of drug-likeness (QED) is 0.0370. The van der Waals surface area contributed by atoms with Gasteiger partial charge in [-0.3, -0.25) is 18.7 Å². The van der Waals surface area contributed by atoms with Crippen molar-refractivity contribution in [1.29, 1.82) is 0 Å². The van der Waals surface area contributed by atoms with Crippen molar-refractivity contribution in [2.75, 3.05) is 31.4 Å². The summed E-state index contributed by atoms with van der Waals surface area (Å²) in [6.45, 7) is 1.77. The van der Waals surface area contributed by atoms with Gasteiger partial charge in [0.25, 0.3) is 5.08 Å². The lowest BCUT2D eigenvalue weighted by molar-refractivity contribution is -0.129. The summed E-state index contributed by atoms with van der Waals surface area (Å²) in [5, 5.41) is 11.0. The highest BCUT2D eigenvalue weighted by molar-refractivity contribution is 7.72. The van der Waals surface area contributed by atoms with E-state index in [-0.39, 0.29) is 35.6 Å². The second-order valence-corrected chi connectivity index (χ2v) is 13.7. The number of halogens is 2. The summed E-state index contributed by atoms with van der Waals surface area (Å²) in [7, 11) is -11.2. The number of amides is 3. The molecule has 1 rings (SSSR count). The Hall–Kier alpha value is -1.41. The van der Waals surface area contributed by atoms with Crippen LogP contribution >= 0.6 is 38.4 Å². The molecule has 0 saturated carbocycles. The SMILES string of the molecule is C[C@H](NC(=O)[C@@H](N)Cc1ccc([N+](C=O)(CCCl)CCCl)cc1)C(=O)NCCCC(O)(P(=O)(O)O)P(=O)(O)O. The summed E-state index contributed by atoms with van der Waals surface area (Å²) in [5.41, 5.74) is 7.36. The average Bonchev–Trinajstić information content (AvgIpc) is 2.85. The molecule has 0 saturated heterocycles. The molecule has 1 aromatic rings. The molecule has 0 fully saturated rings. The molecule has 2 atom stereocenters. The predicted octanol–water partition coefficient (Wildman–Crippen LogP) is -0.0997. The molecule has 0 unspecified atom stereocenters. The number of quaternary nitrogens is 1. The third-order valence-electron chi connectivity index (χ3n) is 6.09. The van der Waals surface area contributed by atoms with Crippen LogP contribution in [0.5, 0.6) is 0 Å². The zero-order valence-corrected chi connectivity index (χ0v) is 24.5. The van der Waals surface area contributed by atoms with Crippen molar-refractivity contribution in [3.63, 3.8) is 0 Å². The molecule has 222 valence electrons. The minimum Gasteiger partial charge on any atom is -0.368 e. The van der Waals surface area contributed by atoms with E-state index in [1.165, 1.54) is 6.92 Å². The Morgan fingerprint density at radius 2 is 1.56 bits per heavy atom. The summed E-state index contributed by atoms with van der Waals surface area (Å²) in [6, 6.07) is 4.79. The number of carbonyl (C=O) groups is 3. The molecular formula is C21H35Cl2N4O10P2+. The van der Waals surface area contributed by atoms with Gasteiger partial charge in [0.15, 0.2) is 0 Å². The van der Waals surface area contributed by atoms with Crippen LogP contribution in [0.4, 0.5) is 5.69 Å². The zero-order valence-electron chi connectivity index (χ0n) is 21.2. The molecule has 0 aliphatic rings. The van der Waals surface area contributed by atoms with Crippen LogP contribution in [-0.2, 0) is 29.9 Å². The normalized spacial score (nSPS) is 14.4. The number of hydrogen-bond acceptors (Lipinski definition) is 7. The lowest BCUT2D eigenvalue weighted by Gasteiger charge is -2.30. The van der Waals surface area contributed by atoms with Gasteiger partial charge in [0.2, 0.25) is 11.8 Å². The van der Waals surface area contributed by atoms with E-state index in [0.717, 1.165) is 6.41 Å². The van der Waals surface area contributed by atoms with Crippen LogP contribution in [-0.4, -0.2) is 91.5 Å². The van der Waals surface area contributed by atoms with Crippen LogP contribution in [0.1, 0.15) is 25.3 Å². The molecule has 0 radical (unpaired) electrons. The van der Waals surface area contributed by atoms with Gasteiger partial charge in [-0.05, 0) is 37.5 Å². The molecule has 18 heteroatoms. The summed E-state index contributed by atoms with van der Waals surface area (Å²) < 4.78 is 22.7. The number of carbonyl (C=O) groups excluding carboxylic acids is 3. The van der Waals surface area contributed by atoms with Crippen LogP contribution in [0.25, 0.3) is 0 Å². The summed E-state index contributed by atoms with van der Waals surface area (Å²) in [4.78, 5) is 73.1. The largest absolute Gasteiger partial charge is 0.369 e. The third kappa shape index (κ3) is 9.58. The van der Waals surface area contributed by atoms with Crippen LogP contribution in [0, 0.1) is 0 Å². The monoisotopic (exact) mass is 635 g/mol. The van der Waals surface area contributed by atoms with Crippen molar-refractivity contribution in [2.45, 2.75) is 43.4 Å². The topological polar surface area (TPSA) is 237 Å². The second-order valence-electron chi connectivity index (χ2n) is 8.93. The van der Waals surface area contributed by atoms with Crippen molar-refractivity contribution in [2.24, 2.45) is 5.73 Å². The molecule has 39 heavy (non-hydrogen) atoms. The molecule has 0 aromatic heterocycles. The van der Waals surface area contributed by atoms with Crippen LogP contribution in [0.2, 0.25) is 0 Å². The first kappa shape index (κ1) is 35.6. The first-order valence-corrected chi connectivity index (χ1v) is 16.0. The third-order valence-corrected chi connectivity index (χ3v) is 10.3. The Morgan fingerprint density at radius 1 is 1.05 bits per heavy atom. The Labute approximate surface area is 235 Å². The smallest absolute Gasteiger partial charge is 0.368 e. The highest BCUT2D eigenvalue weighted by atomic mass is 35.5. The van der Waals surface area contributed by atoms with Crippen molar-refractivity contribution in [1.82, 2.24) is 15.1 Å². The highest BCUT2D eigenvalue weighted by Gasteiger charge is 2.58. The van der Waals surface area contributed by atoms with Crippen LogP contribution < -0.4 is 20.9 Å². The van der Waals surface area contributed by atoms with Crippen molar-refractivity contribution in [3.8, 4) is 0 Å². The molecular weight excluding hydrogens is 601 g/mol. The Kier molecular flexibility index (Phi) is 13.7. The van der Waals surface area contributed by atoms with E-state index in [1.807, 2.05) is 0 Å². The maximum Gasteiger partial charge on any atom is 0.369 e. The van der Waals surface area contributed by atoms with Gasteiger partial charge in [0.05, 0.1) is 17.8 Å². The first-order valence-electron chi connectivity index (χ1n) is 11.7. The van der Waals surface area contributed by atoms with E-state index in [2.05, 4.69) is 10.6 Å².